The molecule has 8 nitrogen and oxygen atoms in total. The van der Waals surface area contributed by atoms with E-state index in [1.165, 1.54) is 16.9 Å². The zero-order valence-corrected chi connectivity index (χ0v) is 22.1. The van der Waals surface area contributed by atoms with Gasteiger partial charge in [-0.2, -0.15) is 8.42 Å². The fraction of sp³-hybridized carbons (Fsp3) is 0.720. The van der Waals surface area contributed by atoms with Crippen molar-refractivity contribution in [2.45, 2.75) is 62.2 Å². The number of thioether (sulfide) groups is 1. The summed E-state index contributed by atoms with van der Waals surface area (Å²) in [5, 5.41) is 0. The molecule has 4 saturated carbocycles. The van der Waals surface area contributed by atoms with E-state index in [1.807, 2.05) is 17.8 Å². The van der Waals surface area contributed by atoms with Gasteiger partial charge in [0.1, 0.15) is 12.4 Å². The fourth-order valence-corrected chi connectivity index (χ4v) is 8.21. The molecule has 0 spiro atoms. The molecule has 2 atom stereocenters. The molecule has 2 unspecified atom stereocenters. The van der Waals surface area contributed by atoms with Gasteiger partial charge in [-0.05, 0) is 86.0 Å². The van der Waals surface area contributed by atoms with E-state index in [-0.39, 0.29) is 17.4 Å². The number of carbonyl (C=O) groups is 1. The maximum absolute atomic E-state index is 12.0. The molecule has 0 radical (unpaired) electrons. The Morgan fingerprint density at radius 3 is 2.54 bits per heavy atom. The van der Waals surface area contributed by atoms with Crippen molar-refractivity contribution in [1.29, 1.82) is 0 Å². The Kier molecular flexibility index (Phi) is 8.25. The zero-order valence-electron chi connectivity index (χ0n) is 20.5. The third-order valence-electron chi connectivity index (χ3n) is 7.60. The predicted molar refractivity (Wildman–Crippen MR) is 132 cm³/mol. The highest BCUT2D eigenvalue weighted by Gasteiger charge is 2.59. The van der Waals surface area contributed by atoms with Crippen molar-refractivity contribution in [3.05, 3.63) is 23.8 Å². The van der Waals surface area contributed by atoms with Crippen molar-refractivity contribution in [2.75, 3.05) is 38.6 Å². The largest absolute Gasteiger partial charge is 0.509 e. The molecule has 1 aromatic carbocycles. The van der Waals surface area contributed by atoms with E-state index < -0.39 is 22.2 Å². The summed E-state index contributed by atoms with van der Waals surface area (Å²) in [6.45, 7) is 3.79. The topological polar surface area (TPSA) is 108 Å². The quantitative estimate of drug-likeness (QED) is 0.172. The SMILES string of the molecule is CCCOCCSc1ccc(OC)cc1C12CC3CC(CC(COC(=O)OCS(=O)(=O)O)(C3)C1)C2. The summed E-state index contributed by atoms with van der Waals surface area (Å²) >= 11 is 1.83. The van der Waals surface area contributed by atoms with Crippen LogP contribution < -0.4 is 4.74 Å². The van der Waals surface area contributed by atoms with Crippen LogP contribution in [0.15, 0.2) is 23.1 Å². The van der Waals surface area contributed by atoms with Gasteiger partial charge >= 0.3 is 16.3 Å². The standard InChI is InChI=1S/C25H36O8S2/c1-3-6-31-7-8-34-22-5-4-20(30-2)10-21(22)25-13-18-9-19(14-25)12-24(11-18,15-25)16-32-23(26)33-17-35(27,28)29/h4-5,10,18-19H,3,6-9,11-17H2,1-2H3,(H,27,28,29). The molecule has 1 N–H and O–H groups in total. The second-order valence-electron chi connectivity index (χ2n) is 10.4. The average Bonchev–Trinajstić information content (AvgIpc) is 2.80. The van der Waals surface area contributed by atoms with E-state index in [2.05, 4.69) is 23.8 Å². The molecule has 35 heavy (non-hydrogen) atoms. The molecule has 0 aliphatic heterocycles. The first-order valence-electron chi connectivity index (χ1n) is 12.3. The van der Waals surface area contributed by atoms with Crippen LogP contribution >= 0.6 is 11.8 Å². The fourth-order valence-electron chi connectivity index (χ4n) is 6.95. The summed E-state index contributed by atoms with van der Waals surface area (Å²) in [6.07, 6.45) is 6.29. The monoisotopic (exact) mass is 528 g/mol. The van der Waals surface area contributed by atoms with E-state index in [9.17, 15) is 13.2 Å². The van der Waals surface area contributed by atoms with E-state index >= 15 is 0 Å². The van der Waals surface area contributed by atoms with Crippen LogP contribution in [0.2, 0.25) is 0 Å². The van der Waals surface area contributed by atoms with E-state index in [1.54, 1.807) is 7.11 Å². The molecule has 1 aromatic rings. The number of carbonyl (C=O) groups excluding carboxylic acids is 1. The van der Waals surface area contributed by atoms with Crippen LogP contribution in [0, 0.1) is 17.3 Å². The minimum absolute atomic E-state index is 0.00701. The second kappa shape index (κ2) is 10.9. The van der Waals surface area contributed by atoms with Gasteiger partial charge in [0.15, 0.2) is 0 Å². The molecule has 5 rings (SSSR count). The lowest BCUT2D eigenvalue weighted by molar-refractivity contribution is -0.104. The van der Waals surface area contributed by atoms with Gasteiger partial charge in [-0.1, -0.05) is 6.92 Å². The highest BCUT2D eigenvalue weighted by molar-refractivity contribution is 7.99. The molecule has 4 aliphatic carbocycles. The number of hydrogen-bond donors (Lipinski definition) is 1. The summed E-state index contributed by atoms with van der Waals surface area (Å²) in [5.41, 5.74) is 1.16. The third-order valence-corrected chi connectivity index (χ3v) is 9.05. The minimum Gasteiger partial charge on any atom is -0.497 e. The van der Waals surface area contributed by atoms with Crippen LogP contribution in [-0.2, 0) is 29.7 Å². The highest BCUT2D eigenvalue weighted by Crippen LogP contribution is 2.66. The zero-order chi connectivity index (χ0) is 25.1. The molecule has 10 heteroatoms. The van der Waals surface area contributed by atoms with Crippen molar-refractivity contribution >= 4 is 28.0 Å². The van der Waals surface area contributed by atoms with Crippen LogP contribution in [0.1, 0.15) is 57.4 Å². The Hall–Kier alpha value is -1.49. The maximum Gasteiger partial charge on any atom is 0.509 e. The molecular formula is C25H36O8S2. The highest BCUT2D eigenvalue weighted by atomic mass is 32.2. The van der Waals surface area contributed by atoms with Gasteiger partial charge < -0.3 is 18.9 Å². The molecule has 0 saturated heterocycles. The normalized spacial score (nSPS) is 29.2. The number of methoxy groups -OCH3 is 1. The minimum atomic E-state index is -4.40. The molecule has 4 aliphatic rings. The van der Waals surface area contributed by atoms with Crippen molar-refractivity contribution < 1.29 is 36.7 Å². The summed E-state index contributed by atoms with van der Waals surface area (Å²) in [6, 6.07) is 6.37. The van der Waals surface area contributed by atoms with Crippen molar-refractivity contribution in [2.24, 2.45) is 17.3 Å². The number of benzene rings is 1. The van der Waals surface area contributed by atoms with Crippen LogP contribution in [-0.4, -0.2) is 57.7 Å². The van der Waals surface area contributed by atoms with Gasteiger partial charge in [0.05, 0.1) is 13.7 Å². The van der Waals surface area contributed by atoms with Crippen LogP contribution in [0.4, 0.5) is 4.79 Å². The smallest absolute Gasteiger partial charge is 0.497 e. The van der Waals surface area contributed by atoms with Crippen molar-refractivity contribution in [3.63, 3.8) is 0 Å². The molecular weight excluding hydrogens is 492 g/mol. The van der Waals surface area contributed by atoms with Gasteiger partial charge in [-0.15, -0.1) is 11.8 Å². The second-order valence-corrected chi connectivity index (χ2v) is 13.0. The number of rotatable bonds is 12. The molecule has 4 fully saturated rings. The lowest BCUT2D eigenvalue weighted by Gasteiger charge is -2.62. The van der Waals surface area contributed by atoms with E-state index in [0.717, 1.165) is 56.6 Å². The Morgan fingerprint density at radius 2 is 1.89 bits per heavy atom. The first-order valence-corrected chi connectivity index (χ1v) is 14.9. The van der Waals surface area contributed by atoms with Crippen molar-refractivity contribution in [3.8, 4) is 5.75 Å². The molecule has 4 bridgehead atoms. The van der Waals surface area contributed by atoms with Gasteiger partial charge in [0.25, 0.3) is 0 Å². The predicted octanol–water partition coefficient (Wildman–Crippen LogP) is 5.05. The third kappa shape index (κ3) is 6.45. The summed E-state index contributed by atoms with van der Waals surface area (Å²) in [4.78, 5) is 13.3. The van der Waals surface area contributed by atoms with Gasteiger partial charge in [0.2, 0.25) is 5.94 Å². The Morgan fingerprint density at radius 1 is 1.14 bits per heavy atom. The first-order chi connectivity index (χ1) is 16.7. The van der Waals surface area contributed by atoms with Gasteiger partial charge in [-0.25, -0.2) is 4.79 Å². The maximum atomic E-state index is 12.0. The molecule has 0 heterocycles. The lowest BCUT2D eigenvalue weighted by Crippen LogP contribution is -2.55. The number of hydrogen-bond acceptors (Lipinski definition) is 8. The average molecular weight is 529 g/mol. The Balaban J connectivity index is 1.52. The summed E-state index contributed by atoms with van der Waals surface area (Å²) in [7, 11) is -2.71. The van der Waals surface area contributed by atoms with Gasteiger partial charge in [-0.3, -0.25) is 4.55 Å². The molecule has 0 amide bonds. The lowest BCUT2D eigenvalue weighted by atomic mass is 9.43. The van der Waals surface area contributed by atoms with Crippen LogP contribution in [0.3, 0.4) is 0 Å². The Labute approximate surface area is 212 Å². The van der Waals surface area contributed by atoms with Crippen molar-refractivity contribution in [1.82, 2.24) is 0 Å². The van der Waals surface area contributed by atoms with Crippen LogP contribution in [0.5, 0.6) is 5.75 Å². The van der Waals surface area contributed by atoms with E-state index in [0.29, 0.717) is 18.4 Å². The Bertz CT molecular complexity index is 995. The summed E-state index contributed by atoms with van der Waals surface area (Å²) in [5.74, 6) is 1.76. The van der Waals surface area contributed by atoms with Gasteiger partial charge in [0, 0.05) is 22.7 Å². The molecule has 0 aromatic heterocycles. The van der Waals surface area contributed by atoms with Crippen LogP contribution in [0.25, 0.3) is 0 Å². The first kappa shape index (κ1) is 26.6. The van der Waals surface area contributed by atoms with E-state index in [4.69, 9.17) is 18.8 Å². The summed E-state index contributed by atoms with van der Waals surface area (Å²) < 4.78 is 51.8. The number of ether oxygens (including phenoxy) is 4. The molecule has 196 valence electrons.